The predicted octanol–water partition coefficient (Wildman–Crippen LogP) is 4.86. The number of rotatable bonds is 2. The Morgan fingerprint density at radius 2 is 1.19 bits per heavy atom. The summed E-state index contributed by atoms with van der Waals surface area (Å²) in [5, 5.41) is 5.49. The van der Waals surface area contributed by atoms with Gasteiger partial charge in [-0.3, -0.25) is 6.08 Å². The molecule has 1 atom stereocenters. The molecule has 0 saturated carbocycles. The molecule has 5 rings (SSSR count). The van der Waals surface area contributed by atoms with Crippen molar-refractivity contribution in [3.63, 3.8) is 0 Å². The summed E-state index contributed by atoms with van der Waals surface area (Å²) in [5.41, 5.74) is 6.33. The van der Waals surface area contributed by atoms with Crippen LogP contribution in [0.4, 0.5) is 0 Å². The SMILES string of the molecule is CC(C)(C)c1ccc2[cH-]c3ccc(C(C)(C)C)cc3c2c1.CC1[C-]=CC(C(C)(C)C)=C1.[Cl-].[Cl-].[Zr+2]=[CH]Cc1ccccc1. The summed E-state index contributed by atoms with van der Waals surface area (Å²) in [6.07, 6.45) is 8.78. The fraction of sp³-hybridized carbons (Fsp3) is 0.385. The van der Waals surface area contributed by atoms with Crippen molar-refractivity contribution in [3.8, 4) is 0 Å². The van der Waals surface area contributed by atoms with Crippen molar-refractivity contribution in [1.82, 2.24) is 0 Å². The second-order valence-electron chi connectivity index (χ2n) is 14.1. The van der Waals surface area contributed by atoms with E-state index in [1.807, 2.05) is 6.07 Å². The van der Waals surface area contributed by atoms with Gasteiger partial charge < -0.3 is 24.8 Å². The van der Waals surface area contributed by atoms with Crippen LogP contribution < -0.4 is 24.8 Å². The second-order valence-corrected chi connectivity index (χ2v) is 15.1. The zero-order valence-electron chi connectivity index (χ0n) is 27.2. The topological polar surface area (TPSA) is 0 Å². The molecule has 1 aliphatic carbocycles. The Morgan fingerprint density at radius 1 is 0.714 bits per heavy atom. The van der Waals surface area contributed by atoms with Gasteiger partial charge in [0.05, 0.1) is 0 Å². The van der Waals surface area contributed by atoms with E-state index in [4.69, 9.17) is 0 Å². The van der Waals surface area contributed by atoms with E-state index in [-0.39, 0.29) is 35.6 Å². The van der Waals surface area contributed by atoms with E-state index in [9.17, 15) is 0 Å². The molecule has 0 nitrogen and oxygen atoms in total. The van der Waals surface area contributed by atoms with Crippen LogP contribution in [0.15, 0.2) is 90.5 Å². The first-order valence-electron chi connectivity index (χ1n) is 14.6. The summed E-state index contributed by atoms with van der Waals surface area (Å²) >= 11 is 1.51. The average molecular weight is 679 g/mol. The minimum absolute atomic E-state index is 0. The molecule has 0 aliphatic heterocycles. The molecule has 3 heteroatoms. The third-order valence-corrected chi connectivity index (χ3v) is 7.92. The van der Waals surface area contributed by atoms with Gasteiger partial charge in [0, 0.05) is 0 Å². The van der Waals surface area contributed by atoms with Crippen LogP contribution in [0.3, 0.4) is 0 Å². The van der Waals surface area contributed by atoms with E-state index < -0.39 is 0 Å². The van der Waals surface area contributed by atoms with Crippen molar-refractivity contribution < 1.29 is 49.0 Å². The number of benzene rings is 3. The van der Waals surface area contributed by atoms with Crippen LogP contribution in [-0.4, -0.2) is 3.71 Å². The van der Waals surface area contributed by atoms with Crippen LogP contribution in [0, 0.1) is 17.4 Å². The monoisotopic (exact) mass is 676 g/mol. The standard InChI is InChI=1S/C21H25.C10H15.C8H8.2ClH.Zr/c1-20(2,3)16-9-7-14-11-15-8-10-17(21(4,5)6)13-19(15)18(14)12-16;1-8-5-6-9(7-8)10(2,3)4;1-2-8-6-4-3-5-7-8;;;/h7-13H,1-6H3;6-8H,1-4H3;1,3-7H,2H2;2*1H;/q2*-1;;;;+2/p-2. The maximum atomic E-state index is 3.26. The molecule has 0 heterocycles. The number of hydrogen-bond acceptors (Lipinski definition) is 0. The Balaban J connectivity index is 0.000000353. The molecule has 0 radical (unpaired) electrons. The van der Waals surface area contributed by atoms with E-state index in [0.717, 1.165) is 6.42 Å². The zero-order valence-corrected chi connectivity index (χ0v) is 31.2. The number of hydrogen-bond donors (Lipinski definition) is 0. The van der Waals surface area contributed by atoms with Gasteiger partial charge in [0.25, 0.3) is 0 Å². The summed E-state index contributed by atoms with van der Waals surface area (Å²) in [5.74, 6) is 0.522. The van der Waals surface area contributed by atoms with E-state index in [1.54, 1.807) is 0 Å². The Bertz CT molecular complexity index is 1410. The first-order chi connectivity index (χ1) is 18.6. The average Bonchev–Trinajstić information content (AvgIpc) is 3.47. The molecular weight excluding hydrogens is 631 g/mol. The van der Waals surface area contributed by atoms with Gasteiger partial charge in [0.2, 0.25) is 0 Å². The van der Waals surface area contributed by atoms with Gasteiger partial charge in [-0.05, 0) is 10.8 Å². The normalized spacial score (nSPS) is 14.6. The van der Waals surface area contributed by atoms with Gasteiger partial charge in [-0.15, -0.1) is 39.7 Å². The first-order valence-corrected chi connectivity index (χ1v) is 16.0. The predicted molar refractivity (Wildman–Crippen MR) is 175 cm³/mol. The van der Waals surface area contributed by atoms with Gasteiger partial charge >= 0.3 is 70.3 Å². The molecular formula is C39H48Cl2Zr-2. The fourth-order valence-electron chi connectivity index (χ4n) is 4.72. The first kappa shape index (κ1) is 38.4. The number of halogens is 2. The number of allylic oxidation sites excluding steroid dienone is 4. The third-order valence-electron chi connectivity index (χ3n) is 7.42. The van der Waals surface area contributed by atoms with Gasteiger partial charge in [-0.1, -0.05) is 116 Å². The summed E-state index contributed by atoms with van der Waals surface area (Å²) in [4.78, 5) is 0. The quantitative estimate of drug-likeness (QED) is 0.266. The second kappa shape index (κ2) is 15.9. The summed E-state index contributed by atoms with van der Waals surface area (Å²) in [7, 11) is 0. The summed E-state index contributed by atoms with van der Waals surface area (Å²) in [6.45, 7) is 22.5. The van der Waals surface area contributed by atoms with Gasteiger partial charge in [0.1, 0.15) is 0 Å². The van der Waals surface area contributed by atoms with E-state index >= 15 is 0 Å². The molecule has 0 N–H and O–H groups in total. The van der Waals surface area contributed by atoms with E-state index in [0.29, 0.717) is 11.3 Å². The molecule has 1 aliphatic rings. The minimum atomic E-state index is 0. The van der Waals surface area contributed by atoms with Gasteiger partial charge in [0.15, 0.2) is 0 Å². The molecule has 42 heavy (non-hydrogen) atoms. The van der Waals surface area contributed by atoms with Gasteiger partial charge in [-0.2, -0.15) is 11.6 Å². The van der Waals surface area contributed by atoms with Crippen LogP contribution in [0.5, 0.6) is 0 Å². The van der Waals surface area contributed by atoms with E-state index in [1.165, 1.54) is 68.0 Å². The molecule has 4 aromatic rings. The molecule has 0 saturated heterocycles. The number of fused-ring (bicyclic) bond motifs is 3. The zero-order chi connectivity index (χ0) is 29.7. The van der Waals surface area contributed by atoms with E-state index in [2.05, 4.69) is 158 Å². The Kier molecular flexibility index (Phi) is 14.5. The summed E-state index contributed by atoms with van der Waals surface area (Å²) < 4.78 is 2.25. The molecule has 4 aromatic carbocycles. The van der Waals surface area contributed by atoms with Crippen molar-refractivity contribution in [3.05, 3.63) is 113 Å². The molecule has 0 aromatic heterocycles. The Labute approximate surface area is 283 Å². The molecule has 0 bridgehead atoms. The van der Waals surface area contributed by atoms with Gasteiger partial charge in [-0.25, -0.2) is 6.08 Å². The molecule has 0 amide bonds. The van der Waals surface area contributed by atoms with Crippen molar-refractivity contribution in [2.24, 2.45) is 11.3 Å². The molecule has 224 valence electrons. The van der Waals surface area contributed by atoms with Crippen molar-refractivity contribution >= 4 is 25.3 Å². The molecule has 1 unspecified atom stereocenters. The Hall–Kier alpha value is -1.66. The van der Waals surface area contributed by atoms with Crippen LogP contribution in [0.25, 0.3) is 21.5 Å². The Morgan fingerprint density at radius 3 is 1.52 bits per heavy atom. The molecule has 0 fully saturated rings. The third kappa shape index (κ3) is 10.8. The van der Waals surface area contributed by atoms with Crippen molar-refractivity contribution in [2.45, 2.75) is 86.5 Å². The van der Waals surface area contributed by atoms with Crippen LogP contribution in [0.1, 0.15) is 85.9 Å². The van der Waals surface area contributed by atoms with Crippen molar-refractivity contribution in [1.29, 1.82) is 0 Å². The summed E-state index contributed by atoms with van der Waals surface area (Å²) in [6, 6.07) is 26.7. The fourth-order valence-corrected chi connectivity index (χ4v) is 5.30. The van der Waals surface area contributed by atoms with Crippen molar-refractivity contribution in [2.75, 3.05) is 0 Å². The molecule has 0 spiro atoms. The maximum absolute atomic E-state index is 3.26. The van der Waals surface area contributed by atoms with Crippen LogP contribution in [-0.2, 0) is 41.5 Å². The van der Waals surface area contributed by atoms with Crippen LogP contribution >= 0.6 is 0 Å². The van der Waals surface area contributed by atoms with Crippen LogP contribution in [0.2, 0.25) is 0 Å².